The predicted molar refractivity (Wildman–Crippen MR) is 41.1 cm³/mol. The molecule has 0 bridgehead atoms. The van der Waals surface area contributed by atoms with Gasteiger partial charge in [-0.05, 0) is 5.41 Å². The number of carbonyl (C=O) groups is 1. The van der Waals surface area contributed by atoms with Crippen molar-refractivity contribution in [3.8, 4) is 0 Å². The van der Waals surface area contributed by atoms with Gasteiger partial charge < -0.3 is 10.8 Å². The number of nitrogens with one attached hydrogen (secondary N) is 1. The topological polar surface area (TPSA) is 87.2 Å². The van der Waals surface area contributed by atoms with Crippen molar-refractivity contribution in [3.05, 3.63) is 11.5 Å². The Morgan fingerprint density at radius 2 is 2.40 bits per heavy atom. The van der Waals surface area contributed by atoms with E-state index < -0.39 is 5.97 Å². The van der Waals surface area contributed by atoms with Gasteiger partial charge in [0.25, 0.3) is 0 Å². The molecule has 0 amide bonds. The lowest BCUT2D eigenvalue weighted by Gasteiger charge is -1.89. The number of thioether (sulfide) groups is 1. The Kier molecular flexibility index (Phi) is 4.39. The third-order valence-electron chi connectivity index (χ3n) is 0.546. The van der Waals surface area contributed by atoms with E-state index in [1.807, 2.05) is 0 Å². The summed E-state index contributed by atoms with van der Waals surface area (Å²) in [6, 6.07) is 0. The van der Waals surface area contributed by atoms with Crippen molar-refractivity contribution >= 4 is 23.6 Å². The second kappa shape index (κ2) is 4.87. The molecule has 0 spiro atoms. The zero-order valence-electron chi connectivity index (χ0n) is 5.20. The fourth-order valence-corrected chi connectivity index (χ4v) is 0.733. The molecular weight excluding hydrogens is 152 g/mol. The quantitative estimate of drug-likeness (QED) is 0.312. The number of amidine groups is 1. The van der Waals surface area contributed by atoms with Gasteiger partial charge in [-0.15, -0.1) is 11.8 Å². The average Bonchev–Trinajstić information content (AvgIpc) is 1.79. The van der Waals surface area contributed by atoms with Crippen molar-refractivity contribution in [3.63, 3.8) is 0 Å². The summed E-state index contributed by atoms with van der Waals surface area (Å²) in [5.74, 6) is -0.611. The monoisotopic (exact) mass is 160 g/mol. The minimum absolute atomic E-state index is 0.0417. The first-order valence-corrected chi connectivity index (χ1v) is 3.52. The third-order valence-corrected chi connectivity index (χ3v) is 1.35. The van der Waals surface area contributed by atoms with E-state index in [1.165, 1.54) is 17.2 Å². The van der Waals surface area contributed by atoms with Gasteiger partial charge in [-0.2, -0.15) is 0 Å². The summed E-state index contributed by atoms with van der Waals surface area (Å²) in [5.41, 5.74) is 4.99. The van der Waals surface area contributed by atoms with Crippen LogP contribution in [0.15, 0.2) is 11.5 Å². The van der Waals surface area contributed by atoms with Crippen LogP contribution in [0.3, 0.4) is 0 Å². The molecule has 56 valence electrons. The van der Waals surface area contributed by atoms with Crippen molar-refractivity contribution in [1.82, 2.24) is 0 Å². The van der Waals surface area contributed by atoms with E-state index in [2.05, 4.69) is 0 Å². The first-order chi connectivity index (χ1) is 4.63. The average molecular weight is 160 g/mol. The van der Waals surface area contributed by atoms with E-state index in [1.54, 1.807) is 0 Å². The molecular formula is C5H8N2O2S. The maximum absolute atomic E-state index is 9.86. The van der Waals surface area contributed by atoms with Crippen molar-refractivity contribution < 1.29 is 9.90 Å². The highest BCUT2D eigenvalue weighted by molar-refractivity contribution is 8.02. The lowest BCUT2D eigenvalue weighted by atomic mass is 10.7. The Labute approximate surface area is 62.6 Å². The summed E-state index contributed by atoms with van der Waals surface area (Å²) in [4.78, 5) is 9.86. The zero-order chi connectivity index (χ0) is 7.98. The number of hydrogen-bond donors (Lipinski definition) is 3. The van der Waals surface area contributed by atoms with Crippen LogP contribution in [-0.4, -0.2) is 22.7 Å². The molecule has 0 aromatic rings. The van der Waals surface area contributed by atoms with E-state index >= 15 is 0 Å². The van der Waals surface area contributed by atoms with Crippen LogP contribution in [0.25, 0.3) is 0 Å². The van der Waals surface area contributed by atoms with E-state index in [-0.39, 0.29) is 5.84 Å². The Morgan fingerprint density at radius 1 is 1.80 bits per heavy atom. The highest BCUT2D eigenvalue weighted by atomic mass is 32.2. The van der Waals surface area contributed by atoms with Crippen molar-refractivity contribution in [2.24, 2.45) is 5.73 Å². The van der Waals surface area contributed by atoms with Crippen LogP contribution in [0, 0.1) is 5.41 Å². The fraction of sp³-hybridized carbons (Fsp3) is 0.200. The minimum Gasteiger partial charge on any atom is -0.478 e. The molecule has 0 rings (SSSR count). The van der Waals surface area contributed by atoms with E-state index in [9.17, 15) is 4.79 Å². The number of aliphatic carboxylic acids is 1. The Bertz CT molecular complexity index is 167. The van der Waals surface area contributed by atoms with E-state index in [0.717, 1.165) is 6.08 Å². The molecule has 4 N–H and O–H groups in total. The van der Waals surface area contributed by atoms with Crippen LogP contribution in [0.5, 0.6) is 0 Å². The van der Waals surface area contributed by atoms with Gasteiger partial charge >= 0.3 is 5.97 Å². The molecule has 0 saturated heterocycles. The van der Waals surface area contributed by atoms with Gasteiger partial charge in [0.1, 0.15) is 5.84 Å². The Balaban J connectivity index is 3.36. The Hall–Kier alpha value is -0.970. The van der Waals surface area contributed by atoms with E-state index in [4.69, 9.17) is 16.2 Å². The highest BCUT2D eigenvalue weighted by Crippen LogP contribution is 1.99. The molecule has 4 nitrogen and oxygen atoms in total. The normalized spacial score (nSPS) is 10.0. The van der Waals surface area contributed by atoms with Crippen molar-refractivity contribution in [1.29, 1.82) is 5.41 Å². The molecule has 0 aliphatic carbocycles. The molecule has 0 aromatic heterocycles. The van der Waals surface area contributed by atoms with Gasteiger partial charge in [0.05, 0.1) is 5.75 Å². The van der Waals surface area contributed by atoms with Crippen LogP contribution in [0.2, 0.25) is 0 Å². The maximum Gasteiger partial charge on any atom is 0.328 e. The number of rotatable bonds is 4. The van der Waals surface area contributed by atoms with Crippen LogP contribution in [-0.2, 0) is 4.79 Å². The largest absolute Gasteiger partial charge is 0.478 e. The van der Waals surface area contributed by atoms with Gasteiger partial charge in [0.2, 0.25) is 0 Å². The zero-order valence-corrected chi connectivity index (χ0v) is 6.02. The molecule has 5 heteroatoms. The Morgan fingerprint density at radius 3 is 2.80 bits per heavy atom. The van der Waals surface area contributed by atoms with Gasteiger partial charge in [0, 0.05) is 6.08 Å². The van der Waals surface area contributed by atoms with Gasteiger partial charge in [0.15, 0.2) is 0 Å². The number of hydrogen-bond acceptors (Lipinski definition) is 3. The predicted octanol–water partition coefficient (Wildman–Crippen LogP) is 0.254. The van der Waals surface area contributed by atoms with Gasteiger partial charge in [-0.3, -0.25) is 5.41 Å². The van der Waals surface area contributed by atoms with Crippen LogP contribution >= 0.6 is 11.8 Å². The SMILES string of the molecule is N=C(N)CS/C=C\C(=O)O. The third kappa shape index (κ3) is 7.03. The lowest BCUT2D eigenvalue weighted by Crippen LogP contribution is -2.11. The lowest BCUT2D eigenvalue weighted by molar-refractivity contribution is -0.131. The van der Waals surface area contributed by atoms with Crippen LogP contribution in [0.1, 0.15) is 0 Å². The molecule has 0 aliphatic rings. The number of nitrogens with two attached hydrogens (primary N) is 1. The molecule has 10 heavy (non-hydrogen) atoms. The van der Waals surface area contributed by atoms with Crippen LogP contribution in [0.4, 0.5) is 0 Å². The molecule has 0 aromatic carbocycles. The number of carboxylic acids is 1. The summed E-state index contributed by atoms with van der Waals surface area (Å²) >= 11 is 1.18. The molecule has 0 unspecified atom stereocenters. The maximum atomic E-state index is 9.86. The highest BCUT2D eigenvalue weighted by Gasteiger charge is 1.87. The minimum atomic E-state index is -0.990. The van der Waals surface area contributed by atoms with Crippen molar-refractivity contribution in [2.45, 2.75) is 0 Å². The first kappa shape index (κ1) is 9.03. The summed E-state index contributed by atoms with van der Waals surface area (Å²) < 4.78 is 0. The first-order valence-electron chi connectivity index (χ1n) is 2.47. The molecule has 0 saturated carbocycles. The second-order valence-electron chi connectivity index (χ2n) is 1.48. The molecule has 0 radical (unpaired) electrons. The van der Waals surface area contributed by atoms with Crippen LogP contribution < -0.4 is 5.73 Å². The van der Waals surface area contributed by atoms with Crippen molar-refractivity contribution in [2.75, 3.05) is 5.75 Å². The molecule has 0 aliphatic heterocycles. The summed E-state index contributed by atoms with van der Waals surface area (Å²) in [6.45, 7) is 0. The smallest absolute Gasteiger partial charge is 0.328 e. The number of carboxylic acid groups (broad SMARTS) is 1. The summed E-state index contributed by atoms with van der Waals surface area (Å²) in [7, 11) is 0. The molecule has 0 atom stereocenters. The summed E-state index contributed by atoms with van der Waals surface area (Å²) in [5, 5.41) is 16.2. The van der Waals surface area contributed by atoms with Gasteiger partial charge in [-0.25, -0.2) is 4.79 Å². The second-order valence-corrected chi connectivity index (χ2v) is 2.37. The molecule has 0 fully saturated rings. The standard InChI is InChI=1S/C5H8N2O2S/c6-4(7)3-10-2-1-5(8)9/h1-2H,3H2,(H3,6,7)(H,8,9)/b2-1-. The van der Waals surface area contributed by atoms with E-state index in [0.29, 0.717) is 5.75 Å². The summed E-state index contributed by atoms with van der Waals surface area (Å²) in [6.07, 6.45) is 1.01. The fourth-order valence-electron chi connectivity index (χ4n) is 0.244. The molecule has 0 heterocycles. The van der Waals surface area contributed by atoms with Gasteiger partial charge in [-0.1, -0.05) is 0 Å².